The lowest BCUT2D eigenvalue weighted by molar-refractivity contribution is 0.0951. The molecule has 3 aromatic rings. The van der Waals surface area contributed by atoms with Crippen molar-refractivity contribution in [1.29, 1.82) is 0 Å². The van der Waals surface area contributed by atoms with E-state index in [1.807, 2.05) is 0 Å². The van der Waals surface area contributed by atoms with Crippen LogP contribution in [0.1, 0.15) is 16.1 Å². The molecule has 0 unspecified atom stereocenters. The Kier molecular flexibility index (Phi) is 4.93. The number of nitrogens with zero attached hydrogens (tertiary/aromatic N) is 2. The van der Waals surface area contributed by atoms with E-state index < -0.39 is 5.91 Å². The number of hydrogen-bond acceptors (Lipinski definition) is 6. The van der Waals surface area contributed by atoms with Gasteiger partial charge in [0.2, 0.25) is 0 Å². The lowest BCUT2D eigenvalue weighted by atomic mass is 10.1. The van der Waals surface area contributed by atoms with Crippen LogP contribution in [-0.2, 0) is 0 Å². The van der Waals surface area contributed by atoms with Gasteiger partial charge in [-0.05, 0) is 18.2 Å². The molecule has 0 bridgehead atoms. The summed E-state index contributed by atoms with van der Waals surface area (Å²) in [6.45, 7) is 0. The second kappa shape index (κ2) is 7.47. The summed E-state index contributed by atoms with van der Waals surface area (Å²) in [6.07, 6.45) is 1.45. The fourth-order valence-corrected chi connectivity index (χ4v) is 2.43. The van der Waals surface area contributed by atoms with Gasteiger partial charge in [-0.2, -0.15) is 10.2 Å². The van der Waals surface area contributed by atoms with Crippen LogP contribution in [0.15, 0.2) is 52.4 Å². The minimum Gasteiger partial charge on any atom is -0.497 e. The van der Waals surface area contributed by atoms with Crippen molar-refractivity contribution >= 4 is 22.9 Å². The zero-order valence-corrected chi connectivity index (χ0v) is 14.1. The Hall–Kier alpha value is -3.68. The molecule has 0 aliphatic rings. The number of aromatic amines is 1. The molecular formula is C18H16N4O4. The summed E-state index contributed by atoms with van der Waals surface area (Å²) in [4.78, 5) is 24.1. The van der Waals surface area contributed by atoms with E-state index in [1.54, 1.807) is 49.6 Å². The predicted molar refractivity (Wildman–Crippen MR) is 97.0 cm³/mol. The van der Waals surface area contributed by atoms with Crippen molar-refractivity contribution in [3.05, 3.63) is 64.1 Å². The Morgan fingerprint density at radius 1 is 1.15 bits per heavy atom. The molecule has 0 aliphatic carbocycles. The number of amides is 1. The Morgan fingerprint density at radius 2 is 1.92 bits per heavy atom. The number of carbonyl (C=O) groups excluding carboxylic acids is 1. The van der Waals surface area contributed by atoms with Gasteiger partial charge < -0.3 is 9.47 Å². The molecule has 2 N–H and O–H groups in total. The van der Waals surface area contributed by atoms with E-state index in [0.717, 1.165) is 0 Å². The minimum absolute atomic E-state index is 0.0824. The van der Waals surface area contributed by atoms with Gasteiger partial charge in [-0.3, -0.25) is 9.59 Å². The molecule has 0 atom stereocenters. The van der Waals surface area contributed by atoms with E-state index in [1.165, 1.54) is 13.3 Å². The number of methoxy groups -OCH3 is 2. The van der Waals surface area contributed by atoms with Crippen LogP contribution in [0.5, 0.6) is 11.5 Å². The van der Waals surface area contributed by atoms with Gasteiger partial charge in [0.1, 0.15) is 11.5 Å². The summed E-state index contributed by atoms with van der Waals surface area (Å²) < 4.78 is 10.4. The van der Waals surface area contributed by atoms with Crippen LogP contribution in [0.25, 0.3) is 10.8 Å². The van der Waals surface area contributed by atoms with Gasteiger partial charge in [0, 0.05) is 17.0 Å². The Labute approximate surface area is 148 Å². The number of benzene rings is 2. The van der Waals surface area contributed by atoms with E-state index in [9.17, 15) is 9.59 Å². The first-order chi connectivity index (χ1) is 12.6. The van der Waals surface area contributed by atoms with Gasteiger partial charge >= 0.3 is 0 Å². The highest BCUT2D eigenvalue weighted by atomic mass is 16.5. The molecule has 0 spiro atoms. The van der Waals surface area contributed by atoms with Crippen molar-refractivity contribution in [3.8, 4) is 11.5 Å². The highest BCUT2D eigenvalue weighted by molar-refractivity contribution is 6.04. The number of aromatic nitrogens is 2. The van der Waals surface area contributed by atoms with Crippen molar-refractivity contribution in [2.24, 2.45) is 5.10 Å². The quantitative estimate of drug-likeness (QED) is 0.537. The summed E-state index contributed by atoms with van der Waals surface area (Å²) in [5, 5.41) is 10.9. The topological polar surface area (TPSA) is 106 Å². The summed E-state index contributed by atoms with van der Waals surface area (Å²) in [7, 11) is 3.09. The maximum absolute atomic E-state index is 12.4. The second-order valence-electron chi connectivity index (χ2n) is 5.25. The van der Waals surface area contributed by atoms with E-state index in [0.29, 0.717) is 27.8 Å². The van der Waals surface area contributed by atoms with E-state index in [4.69, 9.17) is 9.47 Å². The number of rotatable bonds is 5. The van der Waals surface area contributed by atoms with Gasteiger partial charge in [-0.25, -0.2) is 10.5 Å². The highest BCUT2D eigenvalue weighted by Crippen LogP contribution is 2.23. The molecule has 0 saturated heterocycles. The summed E-state index contributed by atoms with van der Waals surface area (Å²) >= 11 is 0. The lowest BCUT2D eigenvalue weighted by Gasteiger charge is -2.07. The molecule has 1 heterocycles. The third kappa shape index (κ3) is 3.39. The van der Waals surface area contributed by atoms with Crippen LogP contribution in [-0.4, -0.2) is 36.5 Å². The molecule has 2 aromatic carbocycles. The minimum atomic E-state index is -0.541. The molecular weight excluding hydrogens is 336 g/mol. The number of hydrogen-bond donors (Lipinski definition) is 2. The molecule has 0 radical (unpaired) electrons. The highest BCUT2D eigenvalue weighted by Gasteiger charge is 2.13. The predicted octanol–water partition coefficient (Wildman–Crippen LogP) is 1.70. The molecule has 132 valence electrons. The summed E-state index contributed by atoms with van der Waals surface area (Å²) in [6, 6.07) is 11.9. The fourth-order valence-electron chi connectivity index (χ4n) is 2.43. The lowest BCUT2D eigenvalue weighted by Crippen LogP contribution is -2.22. The van der Waals surface area contributed by atoms with Gasteiger partial charge in [-0.1, -0.05) is 18.2 Å². The van der Waals surface area contributed by atoms with Gasteiger partial charge in [-0.15, -0.1) is 0 Å². The fraction of sp³-hybridized carbons (Fsp3) is 0.111. The third-order valence-corrected chi connectivity index (χ3v) is 3.72. The number of fused-ring (bicyclic) bond motifs is 1. The van der Waals surface area contributed by atoms with Crippen LogP contribution in [0.4, 0.5) is 0 Å². The standard InChI is InChI=1S/C18H16N4O4/c1-25-12-8-7-11(15(9-12)26-2)10-19-21-18(24)16-13-5-3-4-6-14(13)17(23)22-20-16/h3-10H,1-2H3,(H,21,24)(H,22,23)/b19-10-. The second-order valence-corrected chi connectivity index (χ2v) is 5.25. The number of ether oxygens (including phenoxy) is 2. The van der Waals surface area contributed by atoms with Crippen LogP contribution in [0, 0.1) is 0 Å². The zero-order valence-electron chi connectivity index (χ0n) is 14.1. The van der Waals surface area contributed by atoms with Crippen molar-refractivity contribution < 1.29 is 14.3 Å². The van der Waals surface area contributed by atoms with Crippen molar-refractivity contribution in [2.75, 3.05) is 14.2 Å². The smallest absolute Gasteiger partial charge is 0.292 e. The number of carbonyl (C=O) groups is 1. The monoisotopic (exact) mass is 352 g/mol. The molecule has 8 heteroatoms. The number of hydrazone groups is 1. The Balaban J connectivity index is 1.83. The van der Waals surface area contributed by atoms with E-state index in [-0.39, 0.29) is 11.3 Å². The average molecular weight is 352 g/mol. The average Bonchev–Trinajstić information content (AvgIpc) is 2.68. The first-order valence-corrected chi connectivity index (χ1v) is 7.67. The van der Waals surface area contributed by atoms with E-state index >= 15 is 0 Å². The molecule has 1 amide bonds. The number of nitrogens with one attached hydrogen (secondary N) is 2. The third-order valence-electron chi connectivity index (χ3n) is 3.72. The molecule has 0 aliphatic heterocycles. The van der Waals surface area contributed by atoms with Crippen molar-refractivity contribution in [3.63, 3.8) is 0 Å². The SMILES string of the molecule is COc1ccc(/C=N\NC(=O)c2n[nH]c(=O)c3ccccc23)c(OC)c1. The summed E-state index contributed by atoms with van der Waals surface area (Å²) in [5.41, 5.74) is 2.78. The maximum Gasteiger partial charge on any atom is 0.292 e. The van der Waals surface area contributed by atoms with Crippen LogP contribution in [0.2, 0.25) is 0 Å². The molecule has 8 nitrogen and oxygen atoms in total. The molecule has 26 heavy (non-hydrogen) atoms. The van der Waals surface area contributed by atoms with Crippen LogP contribution >= 0.6 is 0 Å². The normalized spacial score (nSPS) is 10.8. The van der Waals surface area contributed by atoms with Crippen molar-refractivity contribution in [1.82, 2.24) is 15.6 Å². The first-order valence-electron chi connectivity index (χ1n) is 7.67. The van der Waals surface area contributed by atoms with Gasteiger partial charge in [0.15, 0.2) is 5.69 Å². The Morgan fingerprint density at radius 3 is 2.65 bits per heavy atom. The van der Waals surface area contributed by atoms with E-state index in [2.05, 4.69) is 20.7 Å². The molecule has 0 saturated carbocycles. The van der Waals surface area contributed by atoms with Gasteiger partial charge in [0.05, 0.1) is 25.8 Å². The van der Waals surface area contributed by atoms with Crippen LogP contribution in [0.3, 0.4) is 0 Å². The van der Waals surface area contributed by atoms with Gasteiger partial charge in [0.25, 0.3) is 11.5 Å². The number of H-pyrrole nitrogens is 1. The molecule has 3 rings (SSSR count). The van der Waals surface area contributed by atoms with Crippen molar-refractivity contribution in [2.45, 2.75) is 0 Å². The maximum atomic E-state index is 12.4. The first kappa shape index (κ1) is 17.2. The largest absolute Gasteiger partial charge is 0.497 e. The molecule has 0 fully saturated rings. The summed E-state index contributed by atoms with van der Waals surface area (Å²) in [5.74, 6) is 0.656. The zero-order chi connectivity index (χ0) is 18.5. The Bertz CT molecular complexity index is 1040. The van der Waals surface area contributed by atoms with Crippen LogP contribution < -0.4 is 20.5 Å². The molecule has 1 aromatic heterocycles.